The Hall–Kier alpha value is -3.17. The Morgan fingerprint density at radius 3 is 2.70 bits per heavy atom. The number of carbonyl (C=O) groups excluding carboxylic acids is 1. The minimum atomic E-state index is -4.64. The molecule has 4 rings (SSSR count). The van der Waals surface area contributed by atoms with Crippen molar-refractivity contribution in [3.63, 3.8) is 0 Å². The zero-order valence-electron chi connectivity index (χ0n) is 16.4. The van der Waals surface area contributed by atoms with Crippen LogP contribution in [0.3, 0.4) is 0 Å². The molecule has 1 amide bonds. The highest BCUT2D eigenvalue weighted by Crippen LogP contribution is 2.27. The topological polar surface area (TPSA) is 75.4 Å². The Balaban J connectivity index is 1.40. The third-order valence-corrected chi connectivity index (χ3v) is 5.07. The van der Waals surface area contributed by atoms with Gasteiger partial charge in [-0.1, -0.05) is 30.3 Å². The molecule has 1 N–H and O–H groups in total. The number of rotatable bonds is 6. The second-order valence-electron chi connectivity index (χ2n) is 7.45. The number of aromatic nitrogens is 4. The molecule has 1 saturated heterocycles. The van der Waals surface area contributed by atoms with Crippen molar-refractivity contribution in [1.82, 2.24) is 24.5 Å². The van der Waals surface area contributed by atoms with Gasteiger partial charge in [-0.3, -0.25) is 4.79 Å². The second-order valence-corrected chi connectivity index (χ2v) is 7.45. The van der Waals surface area contributed by atoms with Crippen molar-refractivity contribution in [2.45, 2.75) is 25.9 Å². The van der Waals surface area contributed by atoms with E-state index in [2.05, 4.69) is 20.4 Å². The fourth-order valence-electron chi connectivity index (χ4n) is 3.60. The summed E-state index contributed by atoms with van der Waals surface area (Å²) in [5, 5.41) is 6.67. The molecular formula is C20H21F3N6O. The summed E-state index contributed by atoms with van der Waals surface area (Å²) in [4.78, 5) is 21.7. The number of hydrogen-bond donors (Lipinski definition) is 1. The van der Waals surface area contributed by atoms with Gasteiger partial charge in [-0.2, -0.15) is 22.7 Å². The quantitative estimate of drug-likeness (QED) is 0.666. The van der Waals surface area contributed by atoms with Gasteiger partial charge < -0.3 is 10.2 Å². The van der Waals surface area contributed by atoms with E-state index in [-0.39, 0.29) is 17.6 Å². The largest absolute Gasteiger partial charge is 0.453 e. The van der Waals surface area contributed by atoms with Crippen LogP contribution in [0, 0.1) is 12.8 Å². The number of amides is 1. The van der Waals surface area contributed by atoms with Crippen LogP contribution in [-0.2, 0) is 17.4 Å². The number of anilines is 1. The number of carbonyl (C=O) groups is 1. The average molecular weight is 418 g/mol. The third kappa shape index (κ3) is 4.37. The van der Waals surface area contributed by atoms with Gasteiger partial charge in [-0.15, -0.1) is 5.10 Å². The van der Waals surface area contributed by atoms with E-state index in [9.17, 15) is 18.0 Å². The van der Waals surface area contributed by atoms with Crippen molar-refractivity contribution in [2.75, 3.05) is 25.0 Å². The monoisotopic (exact) mass is 418 g/mol. The van der Waals surface area contributed by atoms with Gasteiger partial charge in [-0.05, 0) is 18.9 Å². The maximum atomic E-state index is 12.9. The van der Waals surface area contributed by atoms with E-state index in [4.69, 9.17) is 0 Å². The van der Waals surface area contributed by atoms with Crippen LogP contribution in [0.5, 0.6) is 0 Å². The van der Waals surface area contributed by atoms with Crippen LogP contribution >= 0.6 is 0 Å². The van der Waals surface area contributed by atoms with E-state index in [1.165, 1.54) is 5.56 Å². The molecule has 0 bridgehead atoms. The van der Waals surface area contributed by atoms with Crippen LogP contribution in [0.15, 0.2) is 36.4 Å². The maximum Gasteiger partial charge on any atom is 0.453 e. The van der Waals surface area contributed by atoms with E-state index in [1.807, 2.05) is 35.2 Å². The minimum absolute atomic E-state index is 0.0578. The minimum Gasteiger partial charge on any atom is -0.369 e. The van der Waals surface area contributed by atoms with E-state index in [0.29, 0.717) is 37.6 Å². The molecule has 1 unspecified atom stereocenters. The number of aryl methyl sites for hydroxylation is 1. The smallest absolute Gasteiger partial charge is 0.369 e. The number of alkyl halides is 3. The molecule has 3 heterocycles. The summed E-state index contributed by atoms with van der Waals surface area (Å²) in [6.07, 6.45) is -3.45. The van der Waals surface area contributed by atoms with Gasteiger partial charge in [0.25, 0.3) is 11.6 Å². The lowest BCUT2D eigenvalue weighted by molar-refractivity contribution is -0.144. The Morgan fingerprint density at radius 1 is 1.20 bits per heavy atom. The molecule has 0 aliphatic carbocycles. The number of halogens is 3. The Bertz CT molecular complexity index is 1050. The molecule has 1 fully saturated rings. The molecule has 30 heavy (non-hydrogen) atoms. The van der Waals surface area contributed by atoms with E-state index < -0.39 is 12.0 Å². The predicted octanol–water partition coefficient (Wildman–Crippen LogP) is 2.95. The Labute approximate surface area is 170 Å². The van der Waals surface area contributed by atoms with E-state index in [1.54, 1.807) is 13.0 Å². The van der Waals surface area contributed by atoms with E-state index in [0.717, 1.165) is 10.9 Å². The summed E-state index contributed by atoms with van der Waals surface area (Å²) in [6.45, 7) is 3.37. The lowest BCUT2D eigenvalue weighted by Crippen LogP contribution is -2.28. The maximum absolute atomic E-state index is 12.9. The van der Waals surface area contributed by atoms with Gasteiger partial charge in [0.1, 0.15) is 5.82 Å². The highest BCUT2D eigenvalue weighted by Gasteiger charge is 2.37. The molecule has 10 heteroatoms. The van der Waals surface area contributed by atoms with Crippen molar-refractivity contribution in [2.24, 2.45) is 5.92 Å². The number of benzene rings is 1. The van der Waals surface area contributed by atoms with Gasteiger partial charge in [0.05, 0.1) is 0 Å². The summed E-state index contributed by atoms with van der Waals surface area (Å²) in [6, 6.07) is 11.6. The summed E-state index contributed by atoms with van der Waals surface area (Å²) in [5.41, 5.74) is 1.70. The zero-order valence-corrected chi connectivity index (χ0v) is 16.4. The van der Waals surface area contributed by atoms with Gasteiger partial charge in [0.15, 0.2) is 0 Å². The molecule has 1 aliphatic rings. The average Bonchev–Trinajstić information content (AvgIpc) is 3.28. The van der Waals surface area contributed by atoms with Crippen LogP contribution in [0.1, 0.15) is 23.5 Å². The molecule has 2 aromatic heterocycles. The van der Waals surface area contributed by atoms with Gasteiger partial charge >= 0.3 is 6.18 Å². The van der Waals surface area contributed by atoms with Crippen molar-refractivity contribution in [3.8, 4) is 0 Å². The molecule has 0 saturated carbocycles. The van der Waals surface area contributed by atoms with Crippen LogP contribution in [0.25, 0.3) is 5.78 Å². The number of likely N-dealkylation sites (tertiary alicyclic amines) is 1. The second kappa shape index (κ2) is 7.92. The molecule has 0 spiro atoms. The first kappa shape index (κ1) is 20.1. The van der Waals surface area contributed by atoms with Crippen molar-refractivity contribution in [3.05, 3.63) is 53.5 Å². The Kier molecular flexibility index (Phi) is 5.31. The van der Waals surface area contributed by atoms with Gasteiger partial charge in [0.2, 0.25) is 5.91 Å². The van der Waals surface area contributed by atoms with Crippen molar-refractivity contribution in [1.29, 1.82) is 0 Å². The SMILES string of the molecule is Cc1cc(NCC2CC(=O)N(CCc3ccccc3)C2)n2nc(C(F)(F)F)nc2n1. The zero-order chi connectivity index (χ0) is 21.3. The summed E-state index contributed by atoms with van der Waals surface area (Å²) < 4.78 is 39.9. The number of hydrogen-bond acceptors (Lipinski definition) is 5. The molecule has 1 atom stereocenters. The molecule has 1 aliphatic heterocycles. The van der Waals surface area contributed by atoms with Gasteiger partial charge in [-0.25, -0.2) is 4.98 Å². The normalized spacial score (nSPS) is 17.1. The highest BCUT2D eigenvalue weighted by atomic mass is 19.4. The first-order chi connectivity index (χ1) is 14.3. The Morgan fingerprint density at radius 2 is 1.97 bits per heavy atom. The van der Waals surface area contributed by atoms with Gasteiger partial charge in [0, 0.05) is 43.7 Å². The van der Waals surface area contributed by atoms with Crippen LogP contribution in [0.2, 0.25) is 0 Å². The van der Waals surface area contributed by atoms with Crippen molar-refractivity contribution >= 4 is 17.5 Å². The molecule has 0 radical (unpaired) electrons. The summed E-state index contributed by atoms with van der Waals surface area (Å²) >= 11 is 0. The van der Waals surface area contributed by atoms with Crippen LogP contribution < -0.4 is 5.32 Å². The first-order valence-electron chi connectivity index (χ1n) is 9.67. The third-order valence-electron chi connectivity index (χ3n) is 5.07. The fourth-order valence-corrected chi connectivity index (χ4v) is 3.60. The first-order valence-corrected chi connectivity index (χ1v) is 9.67. The summed E-state index contributed by atoms with van der Waals surface area (Å²) in [5.74, 6) is -0.824. The molecule has 158 valence electrons. The van der Waals surface area contributed by atoms with Crippen LogP contribution in [-0.4, -0.2) is 50.0 Å². The fraction of sp³-hybridized carbons (Fsp3) is 0.400. The molecule has 1 aromatic carbocycles. The lowest BCUT2D eigenvalue weighted by Gasteiger charge is -2.17. The molecule has 3 aromatic rings. The predicted molar refractivity (Wildman–Crippen MR) is 104 cm³/mol. The molecule has 7 nitrogen and oxygen atoms in total. The van der Waals surface area contributed by atoms with Crippen LogP contribution in [0.4, 0.5) is 19.0 Å². The number of nitrogens with zero attached hydrogens (tertiary/aromatic N) is 5. The molecular weight excluding hydrogens is 397 g/mol. The number of nitrogens with one attached hydrogen (secondary N) is 1. The summed E-state index contributed by atoms with van der Waals surface area (Å²) in [7, 11) is 0. The van der Waals surface area contributed by atoms with E-state index >= 15 is 0 Å². The number of fused-ring (bicyclic) bond motifs is 1. The lowest BCUT2D eigenvalue weighted by atomic mass is 10.1. The van der Waals surface area contributed by atoms with Crippen molar-refractivity contribution < 1.29 is 18.0 Å². The standard InChI is InChI=1S/C20H21F3N6O/c1-13-9-16(29-19(25-13)26-18(27-29)20(21,22)23)24-11-15-10-17(30)28(12-15)8-7-14-5-3-2-4-6-14/h2-6,9,15,24H,7-8,10-12H2,1H3. The highest BCUT2D eigenvalue weighted by molar-refractivity contribution is 5.78.